The van der Waals surface area contributed by atoms with Crippen molar-refractivity contribution < 1.29 is 14.9 Å². The quantitative estimate of drug-likeness (QED) is 0.359. The van der Waals surface area contributed by atoms with E-state index >= 15 is 0 Å². The van der Waals surface area contributed by atoms with Gasteiger partial charge in [-0.15, -0.1) is 0 Å². The van der Waals surface area contributed by atoms with Gasteiger partial charge in [0, 0.05) is 17.0 Å². The molecule has 9 heteroatoms. The zero-order valence-corrected chi connectivity index (χ0v) is 10.4. The first-order valence-electron chi connectivity index (χ1n) is 5.81. The lowest BCUT2D eigenvalue weighted by atomic mass is 9.98. The lowest BCUT2D eigenvalue weighted by Gasteiger charge is -2.30. The third kappa shape index (κ3) is 2.24. The highest BCUT2D eigenvalue weighted by Gasteiger charge is 2.53. The molecule has 2 rings (SSSR count). The first kappa shape index (κ1) is 13.6. The predicted molar refractivity (Wildman–Crippen MR) is 66.5 cm³/mol. The van der Waals surface area contributed by atoms with Crippen molar-refractivity contribution in [3.05, 3.63) is 22.7 Å². The van der Waals surface area contributed by atoms with Gasteiger partial charge in [-0.05, 0) is 11.6 Å². The molecule has 0 saturated carbocycles. The van der Waals surface area contributed by atoms with Crippen molar-refractivity contribution in [2.75, 3.05) is 13.3 Å². The number of aliphatic hydroxyl groups is 2. The highest BCUT2D eigenvalue weighted by Crippen LogP contribution is 2.38. The zero-order chi connectivity index (χ0) is 14.0. The third-order valence-corrected chi connectivity index (χ3v) is 3.36. The molecule has 2 heterocycles. The summed E-state index contributed by atoms with van der Waals surface area (Å²) in [5.41, 5.74) is 12.4. The second kappa shape index (κ2) is 5.06. The van der Waals surface area contributed by atoms with Crippen LogP contribution in [0.4, 0.5) is 0 Å². The summed E-state index contributed by atoms with van der Waals surface area (Å²) in [5, 5.41) is 22.9. The molecule has 0 aromatic carbocycles. The van der Waals surface area contributed by atoms with Crippen LogP contribution in [0.5, 0.6) is 0 Å². The van der Waals surface area contributed by atoms with Crippen LogP contribution in [0.1, 0.15) is 6.92 Å². The number of azide groups is 1. The molecule has 0 amide bonds. The molecule has 1 saturated heterocycles. The molecular weight excluding hydrogens is 252 g/mol. The van der Waals surface area contributed by atoms with Gasteiger partial charge in [0.15, 0.2) is 5.72 Å². The Labute approximate surface area is 109 Å². The number of ether oxygens (including phenoxy) is 1. The molecule has 4 N–H and O–H groups in total. The Morgan fingerprint density at radius 2 is 2.53 bits per heavy atom. The standard InChI is InChI=1S/C10H16N6O3/c1-6-8(18)10(4-17,14-15-12)19-9(6)16-3-2-7(11)13-5-16/h2-3,6,8-9,17-18H,4-5H2,1H3,(H2,11,13). The van der Waals surface area contributed by atoms with Gasteiger partial charge in [-0.2, -0.15) is 0 Å². The number of nitrogens with two attached hydrogens (primary N) is 1. The molecular formula is C10H16N6O3. The van der Waals surface area contributed by atoms with Gasteiger partial charge >= 0.3 is 0 Å². The smallest absolute Gasteiger partial charge is 0.198 e. The molecule has 1 fully saturated rings. The van der Waals surface area contributed by atoms with E-state index in [2.05, 4.69) is 15.0 Å². The Hall–Kier alpha value is -1.80. The summed E-state index contributed by atoms with van der Waals surface area (Å²) in [7, 11) is 0. The summed E-state index contributed by atoms with van der Waals surface area (Å²) in [5.74, 6) is 0.0442. The van der Waals surface area contributed by atoms with E-state index in [-0.39, 0.29) is 12.6 Å². The third-order valence-electron chi connectivity index (χ3n) is 3.36. The zero-order valence-electron chi connectivity index (χ0n) is 10.4. The van der Waals surface area contributed by atoms with E-state index in [4.69, 9.17) is 16.0 Å². The molecule has 0 aliphatic carbocycles. The van der Waals surface area contributed by atoms with Crippen LogP contribution in [0.3, 0.4) is 0 Å². The fourth-order valence-electron chi connectivity index (χ4n) is 2.24. The van der Waals surface area contributed by atoms with Crippen LogP contribution in [0.15, 0.2) is 22.4 Å². The van der Waals surface area contributed by atoms with Crippen molar-refractivity contribution in [3.63, 3.8) is 0 Å². The Bertz CT molecular complexity index is 460. The van der Waals surface area contributed by atoms with Gasteiger partial charge in [0.1, 0.15) is 18.7 Å². The number of nitrogens with zero attached hydrogens (tertiary/aromatic N) is 5. The summed E-state index contributed by atoms with van der Waals surface area (Å²) >= 11 is 0. The average Bonchev–Trinajstić information content (AvgIpc) is 2.66. The van der Waals surface area contributed by atoms with Crippen molar-refractivity contribution in [2.24, 2.45) is 21.8 Å². The fourth-order valence-corrected chi connectivity index (χ4v) is 2.24. The van der Waals surface area contributed by atoms with E-state index in [1.54, 1.807) is 24.1 Å². The van der Waals surface area contributed by atoms with Crippen molar-refractivity contribution in [2.45, 2.75) is 25.0 Å². The molecule has 4 unspecified atom stereocenters. The van der Waals surface area contributed by atoms with Gasteiger partial charge in [-0.25, -0.2) is 4.99 Å². The van der Waals surface area contributed by atoms with Gasteiger partial charge in [0.05, 0.1) is 12.7 Å². The van der Waals surface area contributed by atoms with E-state index < -0.39 is 24.7 Å². The maximum Gasteiger partial charge on any atom is 0.198 e. The number of aliphatic imine (C=N–C) groups is 1. The molecule has 4 atom stereocenters. The molecule has 2 aliphatic heterocycles. The molecule has 0 aromatic rings. The van der Waals surface area contributed by atoms with E-state index in [0.717, 1.165) is 0 Å². The Morgan fingerprint density at radius 1 is 1.79 bits per heavy atom. The maximum atomic E-state index is 10.1. The summed E-state index contributed by atoms with van der Waals surface area (Å²) in [6.07, 6.45) is 1.65. The minimum Gasteiger partial charge on any atom is -0.393 e. The summed E-state index contributed by atoms with van der Waals surface area (Å²) < 4.78 is 5.58. The number of hydrogen-bond acceptors (Lipinski definition) is 7. The monoisotopic (exact) mass is 268 g/mol. The highest BCUT2D eigenvalue weighted by molar-refractivity contribution is 5.91. The van der Waals surface area contributed by atoms with Crippen LogP contribution in [0.25, 0.3) is 10.4 Å². The Morgan fingerprint density at radius 3 is 3.05 bits per heavy atom. The Balaban J connectivity index is 2.21. The van der Waals surface area contributed by atoms with E-state index in [1.165, 1.54) is 0 Å². The largest absolute Gasteiger partial charge is 0.393 e. The first-order chi connectivity index (χ1) is 9.04. The Kier molecular flexibility index (Phi) is 3.63. The molecule has 0 bridgehead atoms. The summed E-state index contributed by atoms with van der Waals surface area (Å²) in [4.78, 5) is 8.39. The predicted octanol–water partition coefficient (Wildman–Crippen LogP) is -0.517. The van der Waals surface area contributed by atoms with Crippen LogP contribution in [-0.4, -0.2) is 52.3 Å². The molecule has 0 aromatic heterocycles. The normalized spacial score (nSPS) is 37.9. The minimum atomic E-state index is -1.65. The van der Waals surface area contributed by atoms with Gasteiger partial charge in [0.25, 0.3) is 0 Å². The average molecular weight is 268 g/mol. The maximum absolute atomic E-state index is 10.1. The van der Waals surface area contributed by atoms with Crippen molar-refractivity contribution in [1.29, 1.82) is 0 Å². The number of aliphatic hydroxyl groups excluding tert-OH is 2. The molecule has 0 spiro atoms. The van der Waals surface area contributed by atoms with Gasteiger partial charge in [-0.1, -0.05) is 12.0 Å². The van der Waals surface area contributed by atoms with Crippen LogP contribution in [0.2, 0.25) is 0 Å². The topological polar surface area (TPSA) is 140 Å². The molecule has 9 nitrogen and oxygen atoms in total. The van der Waals surface area contributed by atoms with Crippen molar-refractivity contribution in [1.82, 2.24) is 4.90 Å². The van der Waals surface area contributed by atoms with Crippen LogP contribution >= 0.6 is 0 Å². The van der Waals surface area contributed by atoms with Crippen LogP contribution in [-0.2, 0) is 4.74 Å². The van der Waals surface area contributed by atoms with Crippen LogP contribution < -0.4 is 5.73 Å². The molecule has 19 heavy (non-hydrogen) atoms. The van der Waals surface area contributed by atoms with E-state index in [1.807, 2.05) is 0 Å². The number of hydrogen-bond donors (Lipinski definition) is 3. The van der Waals surface area contributed by atoms with Crippen molar-refractivity contribution >= 4 is 5.84 Å². The minimum absolute atomic E-state index is 0.280. The van der Waals surface area contributed by atoms with Gasteiger partial charge < -0.3 is 25.6 Å². The molecule has 2 aliphatic rings. The van der Waals surface area contributed by atoms with Crippen molar-refractivity contribution in [3.8, 4) is 0 Å². The second-order valence-electron chi connectivity index (χ2n) is 4.56. The van der Waals surface area contributed by atoms with E-state index in [0.29, 0.717) is 5.84 Å². The molecule has 0 radical (unpaired) electrons. The van der Waals surface area contributed by atoms with E-state index in [9.17, 15) is 10.2 Å². The van der Waals surface area contributed by atoms with Crippen LogP contribution in [0, 0.1) is 5.92 Å². The summed E-state index contributed by atoms with van der Waals surface area (Å²) in [6, 6.07) is 0. The lowest BCUT2D eigenvalue weighted by molar-refractivity contribution is -0.134. The van der Waals surface area contributed by atoms with Gasteiger partial charge in [-0.3, -0.25) is 0 Å². The van der Waals surface area contributed by atoms with Gasteiger partial charge in [0.2, 0.25) is 0 Å². The summed E-state index contributed by atoms with van der Waals surface area (Å²) in [6.45, 7) is 1.43. The number of rotatable bonds is 3. The number of amidine groups is 1. The lowest BCUT2D eigenvalue weighted by Crippen LogP contribution is -2.42. The second-order valence-corrected chi connectivity index (χ2v) is 4.56. The molecule has 104 valence electrons. The first-order valence-corrected chi connectivity index (χ1v) is 5.81. The highest BCUT2D eigenvalue weighted by atomic mass is 16.6. The SMILES string of the molecule is CC1C(N2C=CC(N)=NC2)OC(CO)(N=[N+]=[N-])C1O. The fraction of sp³-hybridized carbons (Fsp3) is 0.700.